The number of carbonyl (C=O) groups excluding carboxylic acids is 1. The van der Waals surface area contributed by atoms with Crippen molar-refractivity contribution in [3.63, 3.8) is 0 Å². The van der Waals surface area contributed by atoms with Gasteiger partial charge in [-0.25, -0.2) is 0 Å². The summed E-state index contributed by atoms with van der Waals surface area (Å²) >= 11 is 0. The number of rotatable bonds is 6. The van der Waals surface area contributed by atoms with Gasteiger partial charge in [0.2, 0.25) is 0 Å². The largest absolute Gasteiger partial charge is 0.497 e. The maximum Gasteiger partial charge on any atom is 0.185 e. The molecule has 0 amide bonds. The zero-order valence-corrected chi connectivity index (χ0v) is 14.0. The predicted molar refractivity (Wildman–Crippen MR) is 93.4 cm³/mol. The molecule has 0 aliphatic heterocycles. The molecule has 0 fully saturated rings. The van der Waals surface area contributed by atoms with Crippen LogP contribution in [0.15, 0.2) is 48.5 Å². The number of methoxy groups -OCH3 is 2. The van der Waals surface area contributed by atoms with E-state index >= 15 is 0 Å². The standard InChI is InChI=1S/C20H22O3/c1-14(2)16-6-8-17(9-7-16)20(21)10-5-15-11-18(22-3)13-19(12-15)23-4/h5-14H,1-4H3/b10-5+. The van der Waals surface area contributed by atoms with Crippen molar-refractivity contribution in [2.24, 2.45) is 0 Å². The summed E-state index contributed by atoms with van der Waals surface area (Å²) in [7, 11) is 3.20. The highest BCUT2D eigenvalue weighted by Crippen LogP contribution is 2.23. The highest BCUT2D eigenvalue weighted by molar-refractivity contribution is 6.06. The van der Waals surface area contributed by atoms with Gasteiger partial charge in [0.15, 0.2) is 5.78 Å². The number of carbonyl (C=O) groups is 1. The SMILES string of the molecule is COc1cc(/C=C/C(=O)c2ccc(C(C)C)cc2)cc(OC)c1. The van der Waals surface area contributed by atoms with Crippen LogP contribution in [0.4, 0.5) is 0 Å². The molecule has 0 aliphatic carbocycles. The highest BCUT2D eigenvalue weighted by atomic mass is 16.5. The van der Waals surface area contributed by atoms with Crippen molar-refractivity contribution < 1.29 is 14.3 Å². The van der Waals surface area contributed by atoms with Gasteiger partial charge in [0, 0.05) is 11.6 Å². The van der Waals surface area contributed by atoms with Crippen LogP contribution in [0.5, 0.6) is 11.5 Å². The molecular weight excluding hydrogens is 288 g/mol. The van der Waals surface area contributed by atoms with Crippen molar-refractivity contribution in [2.75, 3.05) is 14.2 Å². The molecule has 120 valence electrons. The van der Waals surface area contributed by atoms with Gasteiger partial charge in [-0.15, -0.1) is 0 Å². The molecule has 0 radical (unpaired) electrons. The summed E-state index contributed by atoms with van der Waals surface area (Å²) in [4.78, 5) is 12.3. The third kappa shape index (κ3) is 4.46. The lowest BCUT2D eigenvalue weighted by Crippen LogP contribution is -1.95. The van der Waals surface area contributed by atoms with Crippen LogP contribution in [0.3, 0.4) is 0 Å². The first kappa shape index (κ1) is 16.8. The molecular formula is C20H22O3. The predicted octanol–water partition coefficient (Wildman–Crippen LogP) is 4.72. The molecule has 0 aromatic heterocycles. The minimum atomic E-state index is -0.0258. The van der Waals surface area contributed by atoms with E-state index in [-0.39, 0.29) is 5.78 Å². The number of hydrogen-bond acceptors (Lipinski definition) is 3. The van der Waals surface area contributed by atoms with Gasteiger partial charge in [-0.05, 0) is 35.3 Å². The number of ether oxygens (including phenoxy) is 2. The van der Waals surface area contributed by atoms with E-state index in [4.69, 9.17) is 9.47 Å². The number of benzene rings is 2. The van der Waals surface area contributed by atoms with Crippen molar-refractivity contribution in [3.8, 4) is 11.5 Å². The molecule has 0 saturated carbocycles. The Kier molecular flexibility index (Phi) is 5.58. The number of ketones is 1. The van der Waals surface area contributed by atoms with Crippen molar-refractivity contribution in [2.45, 2.75) is 19.8 Å². The molecule has 23 heavy (non-hydrogen) atoms. The van der Waals surface area contributed by atoms with Crippen LogP contribution in [0, 0.1) is 0 Å². The van der Waals surface area contributed by atoms with Gasteiger partial charge in [0.1, 0.15) is 11.5 Å². The topological polar surface area (TPSA) is 35.5 Å². The van der Waals surface area contributed by atoms with E-state index in [9.17, 15) is 4.79 Å². The summed E-state index contributed by atoms with van der Waals surface area (Å²) in [6, 6.07) is 13.2. The van der Waals surface area contributed by atoms with Gasteiger partial charge in [-0.2, -0.15) is 0 Å². The molecule has 2 aromatic carbocycles. The monoisotopic (exact) mass is 310 g/mol. The Morgan fingerprint density at radius 2 is 1.52 bits per heavy atom. The molecule has 0 bridgehead atoms. The molecule has 0 saturated heterocycles. The van der Waals surface area contributed by atoms with Crippen LogP contribution in [-0.4, -0.2) is 20.0 Å². The summed E-state index contributed by atoms with van der Waals surface area (Å²) < 4.78 is 10.5. The van der Waals surface area contributed by atoms with E-state index in [2.05, 4.69) is 13.8 Å². The van der Waals surface area contributed by atoms with Crippen LogP contribution in [0.1, 0.15) is 41.3 Å². The molecule has 0 heterocycles. The van der Waals surface area contributed by atoms with E-state index in [0.29, 0.717) is 23.0 Å². The van der Waals surface area contributed by atoms with Crippen LogP contribution in [-0.2, 0) is 0 Å². The van der Waals surface area contributed by atoms with Crippen molar-refractivity contribution in [1.29, 1.82) is 0 Å². The lowest BCUT2D eigenvalue weighted by atomic mass is 10.0. The second-order valence-corrected chi connectivity index (χ2v) is 5.62. The molecule has 0 spiro atoms. The summed E-state index contributed by atoms with van der Waals surface area (Å²) in [5.41, 5.74) is 2.76. The zero-order valence-electron chi connectivity index (χ0n) is 14.0. The second-order valence-electron chi connectivity index (χ2n) is 5.62. The van der Waals surface area contributed by atoms with Crippen molar-refractivity contribution >= 4 is 11.9 Å². The Hall–Kier alpha value is -2.55. The van der Waals surface area contributed by atoms with Gasteiger partial charge in [-0.3, -0.25) is 4.79 Å². The zero-order chi connectivity index (χ0) is 16.8. The molecule has 2 aromatic rings. The molecule has 0 N–H and O–H groups in total. The smallest absolute Gasteiger partial charge is 0.185 e. The summed E-state index contributed by atoms with van der Waals surface area (Å²) in [5.74, 6) is 1.82. The average Bonchev–Trinajstić information content (AvgIpc) is 2.59. The fraction of sp³-hybridized carbons (Fsp3) is 0.250. The first-order valence-electron chi connectivity index (χ1n) is 7.59. The molecule has 0 unspecified atom stereocenters. The van der Waals surface area contributed by atoms with E-state index in [1.807, 2.05) is 36.4 Å². The van der Waals surface area contributed by atoms with Gasteiger partial charge < -0.3 is 9.47 Å². The van der Waals surface area contributed by atoms with Crippen LogP contribution in [0.2, 0.25) is 0 Å². The highest BCUT2D eigenvalue weighted by Gasteiger charge is 2.04. The summed E-state index contributed by atoms with van der Waals surface area (Å²) in [6.45, 7) is 4.26. The number of hydrogen-bond donors (Lipinski definition) is 0. The van der Waals surface area contributed by atoms with Crippen molar-refractivity contribution in [1.82, 2.24) is 0 Å². The quantitative estimate of drug-likeness (QED) is 0.572. The maximum absolute atomic E-state index is 12.3. The van der Waals surface area contributed by atoms with Gasteiger partial charge >= 0.3 is 0 Å². The first-order valence-corrected chi connectivity index (χ1v) is 7.59. The Morgan fingerprint density at radius 1 is 0.957 bits per heavy atom. The third-order valence-electron chi connectivity index (χ3n) is 3.66. The lowest BCUT2D eigenvalue weighted by molar-refractivity contribution is 0.104. The van der Waals surface area contributed by atoms with Crippen molar-refractivity contribution in [3.05, 3.63) is 65.2 Å². The van der Waals surface area contributed by atoms with Gasteiger partial charge in [0.25, 0.3) is 0 Å². The molecule has 0 atom stereocenters. The fourth-order valence-corrected chi connectivity index (χ4v) is 2.23. The van der Waals surface area contributed by atoms with Crippen LogP contribution in [0.25, 0.3) is 6.08 Å². The maximum atomic E-state index is 12.3. The minimum Gasteiger partial charge on any atom is -0.497 e. The third-order valence-corrected chi connectivity index (χ3v) is 3.66. The molecule has 3 heteroatoms. The van der Waals surface area contributed by atoms with Gasteiger partial charge in [-0.1, -0.05) is 44.2 Å². The van der Waals surface area contributed by atoms with E-state index in [1.165, 1.54) is 5.56 Å². The van der Waals surface area contributed by atoms with E-state index < -0.39 is 0 Å². The Morgan fingerprint density at radius 3 is 2.00 bits per heavy atom. The number of allylic oxidation sites excluding steroid dienone is 1. The normalized spacial score (nSPS) is 11.0. The molecule has 2 rings (SSSR count). The summed E-state index contributed by atoms with van der Waals surface area (Å²) in [6.07, 6.45) is 3.34. The Balaban J connectivity index is 2.17. The fourth-order valence-electron chi connectivity index (χ4n) is 2.23. The van der Waals surface area contributed by atoms with E-state index in [0.717, 1.165) is 5.56 Å². The minimum absolute atomic E-state index is 0.0258. The molecule has 3 nitrogen and oxygen atoms in total. The van der Waals surface area contributed by atoms with Crippen LogP contribution < -0.4 is 9.47 Å². The lowest BCUT2D eigenvalue weighted by Gasteiger charge is -2.06. The van der Waals surface area contributed by atoms with Crippen LogP contribution >= 0.6 is 0 Å². The average molecular weight is 310 g/mol. The van der Waals surface area contributed by atoms with E-state index in [1.54, 1.807) is 32.4 Å². The molecule has 0 aliphatic rings. The second kappa shape index (κ2) is 7.63. The van der Waals surface area contributed by atoms with Gasteiger partial charge in [0.05, 0.1) is 14.2 Å². The first-order chi connectivity index (χ1) is 11.0. The Bertz CT molecular complexity index is 675. The Labute approximate surface area is 137 Å². The summed E-state index contributed by atoms with van der Waals surface area (Å²) in [5, 5.41) is 0.